The zero-order valence-corrected chi connectivity index (χ0v) is 22.0. The smallest absolute Gasteiger partial charge is 0.338 e. The molecule has 35 heavy (non-hydrogen) atoms. The van der Waals surface area contributed by atoms with Crippen molar-refractivity contribution in [3.8, 4) is 0 Å². The molecule has 0 saturated carbocycles. The van der Waals surface area contributed by atoms with Gasteiger partial charge in [0.15, 0.2) is 0 Å². The molecule has 8 nitrogen and oxygen atoms in total. The molecular weight excluding hydrogens is 444 g/mol. The fourth-order valence-electron chi connectivity index (χ4n) is 4.57. The van der Waals surface area contributed by atoms with Crippen LogP contribution in [0.2, 0.25) is 0 Å². The van der Waals surface area contributed by atoms with E-state index in [1.165, 1.54) is 10.5 Å². The van der Waals surface area contributed by atoms with Crippen molar-refractivity contribution in [2.24, 2.45) is 5.92 Å². The maximum absolute atomic E-state index is 13.2. The summed E-state index contributed by atoms with van der Waals surface area (Å²) in [5.41, 5.74) is 3.15. The molecule has 2 aliphatic rings. The van der Waals surface area contributed by atoms with E-state index in [-0.39, 0.29) is 18.5 Å². The molecule has 0 bridgehead atoms. The van der Waals surface area contributed by atoms with Gasteiger partial charge in [0.05, 0.1) is 18.2 Å². The largest absolute Gasteiger partial charge is 0.463 e. The summed E-state index contributed by atoms with van der Waals surface area (Å²) in [7, 11) is 1.68. The average molecular weight is 485 g/mol. The summed E-state index contributed by atoms with van der Waals surface area (Å²) < 4.78 is 5.44. The Labute approximate surface area is 209 Å². The second-order valence-electron chi connectivity index (χ2n) is 10.1. The van der Waals surface area contributed by atoms with E-state index in [0.29, 0.717) is 62.3 Å². The van der Waals surface area contributed by atoms with Crippen molar-refractivity contribution in [3.63, 3.8) is 0 Å². The van der Waals surface area contributed by atoms with Gasteiger partial charge in [-0.25, -0.2) is 9.59 Å². The third-order valence-corrected chi connectivity index (χ3v) is 6.69. The fraction of sp³-hybridized carbons (Fsp3) is 0.593. The predicted molar refractivity (Wildman–Crippen MR) is 136 cm³/mol. The highest BCUT2D eigenvalue weighted by Gasteiger charge is 2.37. The summed E-state index contributed by atoms with van der Waals surface area (Å²) in [5, 5.41) is 2.98. The van der Waals surface area contributed by atoms with Crippen molar-refractivity contribution >= 4 is 17.9 Å². The van der Waals surface area contributed by atoms with Crippen LogP contribution in [0.1, 0.15) is 64.1 Å². The number of carbonyl (C=O) groups excluding carboxylic acids is 3. The SMILES string of the molecule is CCOC(=O)C1=C(CN2CCN(C(=O)CC(C)C)CC2)N(C)C(=O)N[C@H]1c1ccc(C(C)C)cc1. The quantitative estimate of drug-likeness (QED) is 0.571. The molecule has 1 atom stereocenters. The molecule has 0 radical (unpaired) electrons. The number of carbonyl (C=O) groups is 3. The Hall–Kier alpha value is -2.87. The number of benzene rings is 1. The van der Waals surface area contributed by atoms with Crippen molar-refractivity contribution < 1.29 is 19.1 Å². The second-order valence-corrected chi connectivity index (χ2v) is 10.1. The van der Waals surface area contributed by atoms with Gasteiger partial charge in [-0.2, -0.15) is 0 Å². The lowest BCUT2D eigenvalue weighted by atomic mass is 9.92. The zero-order valence-electron chi connectivity index (χ0n) is 22.0. The molecule has 1 N–H and O–H groups in total. The van der Waals surface area contributed by atoms with Gasteiger partial charge >= 0.3 is 12.0 Å². The summed E-state index contributed by atoms with van der Waals surface area (Å²) in [6.07, 6.45) is 0.554. The van der Waals surface area contributed by atoms with Crippen LogP contribution in [0.5, 0.6) is 0 Å². The molecule has 0 aliphatic carbocycles. The van der Waals surface area contributed by atoms with Crippen LogP contribution in [0, 0.1) is 5.92 Å². The number of nitrogens with zero attached hydrogens (tertiary/aromatic N) is 3. The Morgan fingerprint density at radius 3 is 2.23 bits per heavy atom. The van der Waals surface area contributed by atoms with Gasteiger partial charge in [0.2, 0.25) is 5.91 Å². The minimum Gasteiger partial charge on any atom is -0.463 e. The van der Waals surface area contributed by atoms with E-state index in [1.807, 2.05) is 43.0 Å². The summed E-state index contributed by atoms with van der Waals surface area (Å²) in [6.45, 7) is 13.5. The first-order valence-corrected chi connectivity index (χ1v) is 12.7. The van der Waals surface area contributed by atoms with Gasteiger partial charge in [0.25, 0.3) is 0 Å². The highest BCUT2D eigenvalue weighted by molar-refractivity contribution is 5.95. The van der Waals surface area contributed by atoms with Gasteiger partial charge < -0.3 is 15.0 Å². The molecule has 0 aromatic heterocycles. The van der Waals surface area contributed by atoms with Crippen LogP contribution >= 0.6 is 0 Å². The Bertz CT molecular complexity index is 946. The second kappa shape index (κ2) is 11.7. The third kappa shape index (κ3) is 6.42. The highest BCUT2D eigenvalue weighted by atomic mass is 16.5. The molecule has 2 aliphatic heterocycles. The summed E-state index contributed by atoms with van der Waals surface area (Å²) in [4.78, 5) is 44.2. The van der Waals surface area contributed by atoms with Crippen molar-refractivity contribution in [2.75, 3.05) is 46.4 Å². The maximum atomic E-state index is 13.2. The first-order chi connectivity index (χ1) is 16.6. The van der Waals surface area contributed by atoms with E-state index in [4.69, 9.17) is 4.74 Å². The zero-order chi connectivity index (χ0) is 25.7. The standard InChI is InChI=1S/C27H40N4O4/c1-7-35-26(33)24-22(17-30-12-14-31(15-13-30)23(32)16-18(2)3)29(6)27(34)28-25(24)21-10-8-20(9-11-21)19(4)5/h8-11,18-19,25H,7,12-17H2,1-6H3,(H,28,34)/t25-/m0/s1. The van der Waals surface area contributed by atoms with E-state index < -0.39 is 12.0 Å². The predicted octanol–water partition coefficient (Wildman–Crippen LogP) is 3.51. The number of likely N-dealkylation sites (N-methyl/N-ethyl adjacent to an activating group) is 1. The van der Waals surface area contributed by atoms with Crippen LogP contribution in [0.25, 0.3) is 0 Å². The molecule has 3 rings (SSSR count). The summed E-state index contributed by atoms with van der Waals surface area (Å²) in [6, 6.07) is 7.20. The molecule has 2 heterocycles. The van der Waals surface area contributed by atoms with E-state index in [2.05, 4.69) is 24.1 Å². The van der Waals surface area contributed by atoms with E-state index in [1.54, 1.807) is 14.0 Å². The Kier molecular flexibility index (Phi) is 8.94. The van der Waals surface area contributed by atoms with Gasteiger partial charge in [0.1, 0.15) is 0 Å². The van der Waals surface area contributed by atoms with Crippen LogP contribution in [-0.4, -0.2) is 79.0 Å². The number of ether oxygens (including phenoxy) is 1. The minimum atomic E-state index is -0.581. The Balaban J connectivity index is 1.87. The van der Waals surface area contributed by atoms with E-state index >= 15 is 0 Å². The molecular formula is C27H40N4O4. The summed E-state index contributed by atoms with van der Waals surface area (Å²) >= 11 is 0. The van der Waals surface area contributed by atoms with Gasteiger partial charge in [-0.3, -0.25) is 14.6 Å². The molecule has 1 fully saturated rings. The third-order valence-electron chi connectivity index (χ3n) is 6.69. The molecule has 0 unspecified atom stereocenters. The van der Waals surface area contributed by atoms with E-state index in [0.717, 1.165) is 5.56 Å². The lowest BCUT2D eigenvalue weighted by Gasteiger charge is -2.39. The van der Waals surface area contributed by atoms with Crippen molar-refractivity contribution in [3.05, 3.63) is 46.7 Å². The highest BCUT2D eigenvalue weighted by Crippen LogP contribution is 2.32. The Morgan fingerprint density at radius 1 is 1.06 bits per heavy atom. The van der Waals surface area contributed by atoms with Crippen LogP contribution < -0.4 is 5.32 Å². The average Bonchev–Trinajstić information content (AvgIpc) is 2.82. The van der Waals surface area contributed by atoms with E-state index in [9.17, 15) is 14.4 Å². The Morgan fingerprint density at radius 2 is 1.69 bits per heavy atom. The number of nitrogens with one attached hydrogen (secondary N) is 1. The van der Waals surface area contributed by atoms with Gasteiger partial charge in [-0.1, -0.05) is 52.0 Å². The molecule has 3 amide bonds. The maximum Gasteiger partial charge on any atom is 0.338 e. The summed E-state index contributed by atoms with van der Waals surface area (Å²) in [5.74, 6) is 0.486. The molecule has 1 aromatic rings. The van der Waals surface area contributed by atoms with Crippen molar-refractivity contribution in [1.29, 1.82) is 0 Å². The van der Waals surface area contributed by atoms with Gasteiger partial charge in [-0.15, -0.1) is 0 Å². The first kappa shape index (κ1) is 26.7. The van der Waals surface area contributed by atoms with Crippen LogP contribution in [0.4, 0.5) is 4.79 Å². The van der Waals surface area contributed by atoms with Crippen LogP contribution in [-0.2, 0) is 14.3 Å². The minimum absolute atomic E-state index is 0.185. The number of rotatable bonds is 8. The lowest BCUT2D eigenvalue weighted by molar-refractivity contribution is -0.139. The topological polar surface area (TPSA) is 82.2 Å². The van der Waals surface area contributed by atoms with Crippen LogP contribution in [0.3, 0.4) is 0 Å². The van der Waals surface area contributed by atoms with Crippen molar-refractivity contribution in [2.45, 2.75) is 53.0 Å². The molecule has 1 saturated heterocycles. The lowest BCUT2D eigenvalue weighted by Crippen LogP contribution is -2.53. The van der Waals surface area contributed by atoms with Crippen LogP contribution in [0.15, 0.2) is 35.5 Å². The number of piperazine rings is 1. The number of urea groups is 1. The monoisotopic (exact) mass is 484 g/mol. The van der Waals surface area contributed by atoms with Gasteiger partial charge in [-0.05, 0) is 29.9 Å². The molecule has 0 spiro atoms. The first-order valence-electron chi connectivity index (χ1n) is 12.7. The molecule has 1 aromatic carbocycles. The number of hydrogen-bond donors (Lipinski definition) is 1. The number of amides is 3. The number of hydrogen-bond acceptors (Lipinski definition) is 5. The molecule has 8 heteroatoms. The number of esters is 1. The van der Waals surface area contributed by atoms with Gasteiger partial charge in [0, 0.05) is 51.9 Å². The fourth-order valence-corrected chi connectivity index (χ4v) is 4.57. The van der Waals surface area contributed by atoms with Crippen molar-refractivity contribution in [1.82, 2.24) is 20.0 Å². The normalized spacial score (nSPS) is 19.4. The molecule has 192 valence electrons.